The Bertz CT molecular complexity index is 1010. The van der Waals surface area contributed by atoms with Crippen LogP contribution in [0.5, 0.6) is 5.75 Å². The molecule has 0 radical (unpaired) electrons. The number of methoxy groups -OCH3 is 1. The van der Waals surface area contributed by atoms with Crippen molar-refractivity contribution in [3.63, 3.8) is 0 Å². The molecule has 1 heterocycles. The number of carbonyl (C=O) groups excluding carboxylic acids is 2. The molecule has 2 aromatic carbocycles. The van der Waals surface area contributed by atoms with Crippen molar-refractivity contribution in [2.45, 2.75) is 39.1 Å². The molecule has 0 aliphatic carbocycles. The van der Waals surface area contributed by atoms with E-state index >= 15 is 0 Å². The van der Waals surface area contributed by atoms with E-state index in [1.807, 2.05) is 13.8 Å². The first kappa shape index (κ1) is 24.4. The summed E-state index contributed by atoms with van der Waals surface area (Å²) in [6.07, 6.45) is -4.55. The van der Waals surface area contributed by atoms with Gasteiger partial charge in [0.15, 0.2) is 6.04 Å². The average molecular weight is 465 g/mol. The maximum atomic E-state index is 12.9. The Morgan fingerprint density at radius 2 is 1.91 bits per heavy atom. The smallest absolute Gasteiger partial charge is 0.416 e. The summed E-state index contributed by atoms with van der Waals surface area (Å²) in [5.74, 6) is 0.0137. The highest BCUT2D eigenvalue weighted by molar-refractivity contribution is 5.84. The molecule has 1 aliphatic heterocycles. The molecule has 9 heteroatoms. The highest BCUT2D eigenvalue weighted by Gasteiger charge is 2.38. The minimum atomic E-state index is -4.42. The zero-order valence-corrected chi connectivity index (χ0v) is 18.6. The lowest BCUT2D eigenvalue weighted by molar-refractivity contribution is -0.147. The Morgan fingerprint density at radius 1 is 1.15 bits per heavy atom. The van der Waals surface area contributed by atoms with E-state index in [0.717, 1.165) is 17.7 Å². The minimum absolute atomic E-state index is 0.0449. The third-order valence-electron chi connectivity index (χ3n) is 5.20. The number of rotatable bonds is 6. The van der Waals surface area contributed by atoms with Gasteiger partial charge in [-0.05, 0) is 53.3 Å². The molecule has 1 unspecified atom stereocenters. The van der Waals surface area contributed by atoms with E-state index in [0.29, 0.717) is 23.3 Å². The van der Waals surface area contributed by atoms with Gasteiger partial charge in [0.25, 0.3) is 0 Å². The summed E-state index contributed by atoms with van der Waals surface area (Å²) in [5, 5.41) is 0. The van der Waals surface area contributed by atoms with Gasteiger partial charge in [-0.3, -0.25) is 4.90 Å². The van der Waals surface area contributed by atoms with Gasteiger partial charge in [0.2, 0.25) is 0 Å². The van der Waals surface area contributed by atoms with Crippen LogP contribution in [0.4, 0.5) is 18.0 Å². The topological polar surface area (TPSA) is 65.1 Å². The summed E-state index contributed by atoms with van der Waals surface area (Å²) in [6, 6.07) is 9.01. The third-order valence-corrected chi connectivity index (χ3v) is 5.20. The van der Waals surface area contributed by atoms with Crippen LogP contribution in [-0.2, 0) is 33.5 Å². The molecule has 0 spiro atoms. The summed E-state index contributed by atoms with van der Waals surface area (Å²) in [7, 11) is 1.25. The molecule has 0 saturated carbocycles. The fourth-order valence-corrected chi connectivity index (χ4v) is 3.58. The molecular formula is C24H26F3NO5. The van der Waals surface area contributed by atoms with Crippen LogP contribution in [0.1, 0.15) is 42.1 Å². The number of alkyl halides is 3. The number of halogens is 3. The van der Waals surface area contributed by atoms with Gasteiger partial charge < -0.3 is 14.2 Å². The SMILES string of the molecule is COC(=O)C1c2ccc(OCc3cccc(C(F)(F)F)c3)cc2CCN1C(=O)OCC(C)C. The van der Waals surface area contributed by atoms with E-state index in [4.69, 9.17) is 14.2 Å². The van der Waals surface area contributed by atoms with Gasteiger partial charge in [-0.25, -0.2) is 9.59 Å². The van der Waals surface area contributed by atoms with Gasteiger partial charge in [-0.15, -0.1) is 0 Å². The van der Waals surface area contributed by atoms with Crippen LogP contribution >= 0.6 is 0 Å². The standard InChI is InChI=1S/C24H26F3NO5/c1-15(2)13-33-23(30)28-10-9-17-12-19(7-8-20(17)21(28)22(29)31-3)32-14-16-5-4-6-18(11-16)24(25,26)27/h4-8,11-12,15,21H,9-10,13-14H2,1-3H3. The number of fused-ring (bicyclic) bond motifs is 1. The van der Waals surface area contributed by atoms with Crippen molar-refractivity contribution in [2.24, 2.45) is 5.92 Å². The first-order valence-electron chi connectivity index (χ1n) is 10.5. The molecular weight excluding hydrogens is 439 g/mol. The lowest BCUT2D eigenvalue weighted by Gasteiger charge is -2.35. The lowest BCUT2D eigenvalue weighted by atomic mass is 9.92. The molecule has 0 bridgehead atoms. The summed E-state index contributed by atoms with van der Waals surface area (Å²) < 4.78 is 54.7. The quantitative estimate of drug-likeness (QED) is 0.552. The largest absolute Gasteiger partial charge is 0.489 e. The number of hydrogen-bond donors (Lipinski definition) is 0. The molecule has 178 valence electrons. The second kappa shape index (κ2) is 10.1. The number of benzene rings is 2. The van der Waals surface area contributed by atoms with Gasteiger partial charge in [-0.2, -0.15) is 13.2 Å². The van der Waals surface area contributed by atoms with Crippen molar-refractivity contribution in [3.8, 4) is 5.75 Å². The number of ether oxygens (including phenoxy) is 3. The molecule has 0 aromatic heterocycles. The number of nitrogens with zero attached hydrogens (tertiary/aromatic N) is 1. The highest BCUT2D eigenvalue weighted by Crippen LogP contribution is 2.34. The first-order chi connectivity index (χ1) is 15.6. The zero-order valence-electron chi connectivity index (χ0n) is 18.6. The van der Waals surface area contributed by atoms with Crippen molar-refractivity contribution >= 4 is 12.1 Å². The molecule has 3 rings (SSSR count). The van der Waals surface area contributed by atoms with Crippen molar-refractivity contribution in [3.05, 3.63) is 64.7 Å². The monoisotopic (exact) mass is 465 g/mol. The van der Waals surface area contributed by atoms with Crippen molar-refractivity contribution < 1.29 is 37.0 Å². The molecule has 1 amide bonds. The van der Waals surface area contributed by atoms with Crippen LogP contribution < -0.4 is 4.74 Å². The predicted molar refractivity (Wildman–Crippen MR) is 114 cm³/mol. The van der Waals surface area contributed by atoms with Crippen LogP contribution in [0.25, 0.3) is 0 Å². The molecule has 6 nitrogen and oxygen atoms in total. The first-order valence-corrected chi connectivity index (χ1v) is 10.5. The van der Waals surface area contributed by atoms with E-state index in [2.05, 4.69) is 0 Å². The number of esters is 1. The van der Waals surface area contributed by atoms with E-state index in [9.17, 15) is 22.8 Å². The van der Waals surface area contributed by atoms with Gasteiger partial charge >= 0.3 is 18.2 Å². The molecule has 1 aliphatic rings. The minimum Gasteiger partial charge on any atom is -0.489 e. The summed E-state index contributed by atoms with van der Waals surface area (Å²) in [6.45, 7) is 4.27. The molecule has 0 saturated heterocycles. The predicted octanol–water partition coefficient (Wildman–Crippen LogP) is 5.15. The van der Waals surface area contributed by atoms with E-state index in [-0.39, 0.29) is 25.7 Å². The Hall–Kier alpha value is -3.23. The number of carbonyl (C=O) groups is 2. The van der Waals surface area contributed by atoms with Crippen molar-refractivity contribution in [1.29, 1.82) is 0 Å². The second-order valence-corrected chi connectivity index (χ2v) is 8.19. The number of amides is 1. The maximum absolute atomic E-state index is 12.9. The van der Waals surface area contributed by atoms with Crippen LogP contribution in [0.3, 0.4) is 0 Å². The van der Waals surface area contributed by atoms with Gasteiger partial charge in [0, 0.05) is 6.54 Å². The molecule has 0 fully saturated rings. The van der Waals surface area contributed by atoms with E-state index < -0.39 is 29.8 Å². The maximum Gasteiger partial charge on any atom is 0.416 e. The molecule has 2 aromatic rings. The summed E-state index contributed by atoms with van der Waals surface area (Å²) >= 11 is 0. The Labute approximate surface area is 190 Å². The second-order valence-electron chi connectivity index (χ2n) is 8.19. The van der Waals surface area contributed by atoms with Crippen molar-refractivity contribution in [1.82, 2.24) is 4.90 Å². The molecule has 1 atom stereocenters. The fourth-order valence-electron chi connectivity index (χ4n) is 3.58. The van der Waals surface area contributed by atoms with Crippen molar-refractivity contribution in [2.75, 3.05) is 20.3 Å². The van der Waals surface area contributed by atoms with Gasteiger partial charge in [-0.1, -0.05) is 32.0 Å². The lowest BCUT2D eigenvalue weighted by Crippen LogP contribution is -2.44. The fraction of sp³-hybridized carbons (Fsp3) is 0.417. The van der Waals surface area contributed by atoms with Crippen LogP contribution in [0.2, 0.25) is 0 Å². The van der Waals surface area contributed by atoms with E-state index in [1.165, 1.54) is 18.1 Å². The third kappa shape index (κ3) is 5.97. The molecule has 0 N–H and O–H groups in total. The Morgan fingerprint density at radius 3 is 2.58 bits per heavy atom. The Kier molecular flexibility index (Phi) is 7.50. The zero-order chi connectivity index (χ0) is 24.2. The van der Waals surface area contributed by atoms with Crippen LogP contribution in [0.15, 0.2) is 42.5 Å². The van der Waals surface area contributed by atoms with Crippen LogP contribution in [-0.4, -0.2) is 37.2 Å². The highest BCUT2D eigenvalue weighted by atomic mass is 19.4. The summed E-state index contributed by atoms with van der Waals surface area (Å²) in [4.78, 5) is 26.4. The van der Waals surface area contributed by atoms with Gasteiger partial charge in [0.05, 0.1) is 19.3 Å². The number of hydrogen-bond acceptors (Lipinski definition) is 5. The normalized spacial score (nSPS) is 15.7. The average Bonchev–Trinajstić information content (AvgIpc) is 2.79. The summed E-state index contributed by atoms with van der Waals surface area (Å²) in [5.41, 5.74) is 1.04. The van der Waals surface area contributed by atoms with Gasteiger partial charge in [0.1, 0.15) is 12.4 Å². The van der Waals surface area contributed by atoms with E-state index in [1.54, 1.807) is 24.3 Å². The Balaban J connectivity index is 1.77. The van der Waals surface area contributed by atoms with Crippen LogP contribution in [0, 0.1) is 5.92 Å². The molecule has 33 heavy (non-hydrogen) atoms.